The molecule has 2 aromatic rings. The molecule has 2 rings (SSSR count). The van der Waals surface area contributed by atoms with E-state index in [2.05, 4.69) is 4.98 Å². The van der Waals surface area contributed by atoms with Gasteiger partial charge in [-0.15, -0.1) is 0 Å². The van der Waals surface area contributed by atoms with Crippen molar-refractivity contribution < 1.29 is 14.6 Å². The highest BCUT2D eigenvalue weighted by molar-refractivity contribution is 6.30. The fourth-order valence-electron chi connectivity index (χ4n) is 1.53. The molecule has 0 unspecified atom stereocenters. The van der Waals surface area contributed by atoms with Crippen LogP contribution in [0.5, 0.6) is 5.75 Å². The Balaban J connectivity index is 1.95. The van der Waals surface area contributed by atoms with Crippen LogP contribution in [0, 0.1) is 0 Å². The van der Waals surface area contributed by atoms with E-state index in [1.54, 1.807) is 24.4 Å². The normalized spacial score (nSPS) is 10.7. The van der Waals surface area contributed by atoms with E-state index in [0.29, 0.717) is 23.1 Å². The highest BCUT2D eigenvalue weighted by atomic mass is 35.5. The Morgan fingerprint density at radius 1 is 1.35 bits per heavy atom. The summed E-state index contributed by atoms with van der Waals surface area (Å²) in [6.45, 7) is 0.395. The number of carboxylic acids is 1. The Morgan fingerprint density at radius 2 is 2.20 bits per heavy atom. The summed E-state index contributed by atoms with van der Waals surface area (Å²) in [6, 6.07) is 10.8. The molecule has 0 saturated heterocycles. The van der Waals surface area contributed by atoms with Crippen LogP contribution in [0.4, 0.5) is 0 Å². The number of benzene rings is 1. The lowest BCUT2D eigenvalue weighted by atomic mass is 10.2. The largest absolute Gasteiger partial charge is 0.487 e. The summed E-state index contributed by atoms with van der Waals surface area (Å²) in [5.41, 5.74) is 1.52. The fraction of sp³-hybridized carbons (Fsp3) is 0.0667. The fourth-order valence-corrected chi connectivity index (χ4v) is 1.74. The van der Waals surface area contributed by atoms with Crippen molar-refractivity contribution in [3.63, 3.8) is 0 Å². The molecule has 0 aliphatic heterocycles. The van der Waals surface area contributed by atoms with Gasteiger partial charge < -0.3 is 9.84 Å². The molecule has 4 nitrogen and oxygen atoms in total. The molecule has 0 aliphatic rings. The number of aliphatic carboxylic acids is 1. The second-order valence-electron chi connectivity index (χ2n) is 4.01. The van der Waals surface area contributed by atoms with Crippen molar-refractivity contribution in [2.75, 3.05) is 0 Å². The number of hydrogen-bond donors (Lipinski definition) is 1. The van der Waals surface area contributed by atoms with Crippen molar-refractivity contribution in [1.82, 2.24) is 4.98 Å². The molecule has 0 bridgehead atoms. The molecule has 0 aliphatic carbocycles. The molecule has 1 heterocycles. The van der Waals surface area contributed by atoms with Crippen molar-refractivity contribution in [2.24, 2.45) is 0 Å². The number of aromatic nitrogens is 1. The van der Waals surface area contributed by atoms with Crippen molar-refractivity contribution >= 4 is 23.6 Å². The maximum absolute atomic E-state index is 10.4. The number of carbonyl (C=O) groups is 1. The topological polar surface area (TPSA) is 59.4 Å². The lowest BCUT2D eigenvalue weighted by molar-refractivity contribution is -0.131. The number of carboxylic acid groups (broad SMARTS) is 1. The molecular weight excluding hydrogens is 278 g/mol. The number of nitrogens with zero attached hydrogens (tertiary/aromatic N) is 1. The summed E-state index contributed by atoms with van der Waals surface area (Å²) < 4.78 is 5.57. The van der Waals surface area contributed by atoms with E-state index in [4.69, 9.17) is 21.4 Å². The predicted octanol–water partition coefficient (Wildman–Crippen LogP) is 3.41. The van der Waals surface area contributed by atoms with Crippen LogP contribution in [0.15, 0.2) is 48.7 Å². The maximum Gasteiger partial charge on any atom is 0.328 e. The summed E-state index contributed by atoms with van der Waals surface area (Å²) >= 11 is 5.88. The second kappa shape index (κ2) is 6.73. The van der Waals surface area contributed by atoms with E-state index in [0.717, 1.165) is 11.6 Å². The smallest absolute Gasteiger partial charge is 0.328 e. The molecule has 20 heavy (non-hydrogen) atoms. The van der Waals surface area contributed by atoms with Crippen LogP contribution < -0.4 is 4.74 Å². The Hall–Kier alpha value is -2.33. The van der Waals surface area contributed by atoms with Crippen LogP contribution >= 0.6 is 11.6 Å². The van der Waals surface area contributed by atoms with Crippen LogP contribution in [-0.2, 0) is 11.4 Å². The van der Waals surface area contributed by atoms with Gasteiger partial charge in [0.2, 0.25) is 0 Å². The van der Waals surface area contributed by atoms with Crippen LogP contribution in [0.1, 0.15) is 11.3 Å². The standard InChI is InChI=1S/C15H12ClNO3/c16-12-3-1-2-11(8-12)10-20-14-6-4-13(17-9-14)5-7-15(18)19/h1-9H,10H2,(H,18,19). The molecule has 1 aromatic heterocycles. The quantitative estimate of drug-likeness (QED) is 0.857. The van der Waals surface area contributed by atoms with Crippen LogP contribution in [0.25, 0.3) is 6.08 Å². The zero-order valence-electron chi connectivity index (χ0n) is 10.5. The predicted molar refractivity (Wildman–Crippen MR) is 76.7 cm³/mol. The highest BCUT2D eigenvalue weighted by Gasteiger charge is 1.98. The first kappa shape index (κ1) is 14.1. The first-order chi connectivity index (χ1) is 9.63. The molecule has 1 aromatic carbocycles. The summed E-state index contributed by atoms with van der Waals surface area (Å²) in [5.74, 6) is -0.398. The zero-order valence-corrected chi connectivity index (χ0v) is 11.2. The third-order valence-corrected chi connectivity index (χ3v) is 2.69. The van der Waals surface area contributed by atoms with Gasteiger partial charge in [-0.2, -0.15) is 0 Å². The highest BCUT2D eigenvalue weighted by Crippen LogP contribution is 2.15. The van der Waals surface area contributed by atoms with Gasteiger partial charge in [0.05, 0.1) is 11.9 Å². The van der Waals surface area contributed by atoms with Gasteiger partial charge in [0.25, 0.3) is 0 Å². The van der Waals surface area contributed by atoms with Gasteiger partial charge in [0.1, 0.15) is 12.4 Å². The minimum atomic E-state index is -1.01. The second-order valence-corrected chi connectivity index (χ2v) is 4.45. The minimum Gasteiger partial charge on any atom is -0.487 e. The average Bonchev–Trinajstić information content (AvgIpc) is 2.44. The lowest BCUT2D eigenvalue weighted by Gasteiger charge is -2.06. The van der Waals surface area contributed by atoms with E-state index in [9.17, 15) is 4.79 Å². The van der Waals surface area contributed by atoms with Crippen molar-refractivity contribution in [3.05, 3.63) is 65.0 Å². The third kappa shape index (κ3) is 4.40. The molecular formula is C15H12ClNO3. The summed E-state index contributed by atoms with van der Waals surface area (Å²) in [5, 5.41) is 9.18. The first-order valence-electron chi connectivity index (χ1n) is 5.88. The Morgan fingerprint density at radius 3 is 2.85 bits per heavy atom. The molecule has 5 heteroatoms. The molecule has 0 radical (unpaired) electrons. The molecule has 0 atom stereocenters. The van der Waals surface area contributed by atoms with Crippen molar-refractivity contribution in [3.8, 4) is 5.75 Å². The van der Waals surface area contributed by atoms with Crippen molar-refractivity contribution in [1.29, 1.82) is 0 Å². The number of pyridine rings is 1. The minimum absolute atomic E-state index is 0.395. The van der Waals surface area contributed by atoms with Gasteiger partial charge in [-0.25, -0.2) is 4.79 Å². The molecule has 0 amide bonds. The van der Waals surface area contributed by atoms with Gasteiger partial charge in [-0.1, -0.05) is 23.7 Å². The van der Waals surface area contributed by atoms with Gasteiger partial charge >= 0.3 is 5.97 Å². The van der Waals surface area contributed by atoms with Crippen LogP contribution in [0.3, 0.4) is 0 Å². The Labute approximate surface area is 121 Å². The number of halogens is 1. The SMILES string of the molecule is O=C(O)C=Cc1ccc(OCc2cccc(Cl)c2)cn1. The van der Waals surface area contributed by atoms with E-state index < -0.39 is 5.97 Å². The number of ether oxygens (including phenoxy) is 1. The molecule has 0 fully saturated rings. The van der Waals surface area contributed by atoms with Gasteiger partial charge in [-0.05, 0) is 35.9 Å². The lowest BCUT2D eigenvalue weighted by Crippen LogP contribution is -1.96. The molecule has 102 valence electrons. The monoisotopic (exact) mass is 289 g/mol. The molecule has 1 N–H and O–H groups in total. The van der Waals surface area contributed by atoms with E-state index >= 15 is 0 Å². The van der Waals surface area contributed by atoms with E-state index in [1.165, 1.54) is 6.08 Å². The molecule has 0 saturated carbocycles. The van der Waals surface area contributed by atoms with Crippen LogP contribution in [0.2, 0.25) is 5.02 Å². The third-order valence-electron chi connectivity index (χ3n) is 2.45. The van der Waals surface area contributed by atoms with Gasteiger partial charge in [-0.3, -0.25) is 4.98 Å². The van der Waals surface area contributed by atoms with Crippen LogP contribution in [-0.4, -0.2) is 16.1 Å². The zero-order chi connectivity index (χ0) is 14.4. The van der Waals surface area contributed by atoms with E-state index in [1.807, 2.05) is 18.2 Å². The summed E-state index contributed by atoms with van der Waals surface area (Å²) in [7, 11) is 0. The summed E-state index contributed by atoms with van der Waals surface area (Å²) in [4.78, 5) is 14.5. The van der Waals surface area contributed by atoms with E-state index in [-0.39, 0.29) is 0 Å². The Kier molecular flexibility index (Phi) is 4.74. The van der Waals surface area contributed by atoms with Gasteiger partial charge in [0.15, 0.2) is 0 Å². The average molecular weight is 290 g/mol. The van der Waals surface area contributed by atoms with Gasteiger partial charge in [0, 0.05) is 11.1 Å². The van der Waals surface area contributed by atoms with Crippen molar-refractivity contribution in [2.45, 2.75) is 6.61 Å². The molecule has 0 spiro atoms. The number of rotatable bonds is 5. The number of hydrogen-bond acceptors (Lipinski definition) is 3. The maximum atomic E-state index is 10.4. The summed E-state index contributed by atoms with van der Waals surface area (Å²) in [6.07, 6.45) is 4.00. The first-order valence-corrected chi connectivity index (χ1v) is 6.25. The Bertz CT molecular complexity index is 623.